The van der Waals surface area contributed by atoms with Crippen LogP contribution in [0, 0.1) is 5.82 Å². The van der Waals surface area contributed by atoms with Crippen molar-refractivity contribution < 1.29 is 22.7 Å². The molecule has 4 N–H and O–H groups in total. The van der Waals surface area contributed by atoms with Gasteiger partial charge in [-0.25, -0.2) is 17.5 Å². The summed E-state index contributed by atoms with van der Waals surface area (Å²) in [6.07, 6.45) is -0.347. The molecule has 2 atom stereocenters. The first-order valence-corrected chi connectivity index (χ1v) is 12.8. The van der Waals surface area contributed by atoms with Gasteiger partial charge in [-0.05, 0) is 86.0 Å². The zero-order valence-electron chi connectivity index (χ0n) is 19.7. The number of hydrogen-bond donors (Lipinski definition) is 4. The maximum absolute atomic E-state index is 13.2. The molecule has 35 heavy (non-hydrogen) atoms. The molecule has 0 unspecified atom stereocenters. The molecule has 184 valence electrons. The molecule has 1 heterocycles. The fourth-order valence-electron chi connectivity index (χ4n) is 4.09. The molecule has 0 aliphatic carbocycles. The van der Waals surface area contributed by atoms with Crippen molar-refractivity contribution in [1.82, 2.24) is 4.72 Å². The normalized spacial score (nSPS) is 18.9. The zero-order valence-corrected chi connectivity index (χ0v) is 20.5. The molecular formula is C26H28FN3O4S. The Kier molecular flexibility index (Phi) is 6.68. The molecule has 0 fully saturated rings. The molecule has 1 aliphatic rings. The maximum Gasteiger partial charge on any atom is 0.255 e. The number of halogens is 1. The van der Waals surface area contributed by atoms with E-state index in [1.807, 2.05) is 6.92 Å². The van der Waals surface area contributed by atoms with Gasteiger partial charge in [0, 0.05) is 16.9 Å². The minimum atomic E-state index is -3.97. The lowest BCUT2D eigenvalue weighted by Gasteiger charge is -2.43. The molecule has 0 aromatic heterocycles. The monoisotopic (exact) mass is 497 g/mol. The number of amides is 1. The van der Waals surface area contributed by atoms with E-state index in [-0.39, 0.29) is 10.5 Å². The fraction of sp³-hybridized carbons (Fsp3) is 0.269. The van der Waals surface area contributed by atoms with E-state index in [1.165, 1.54) is 36.4 Å². The Morgan fingerprint density at radius 2 is 1.71 bits per heavy atom. The van der Waals surface area contributed by atoms with Crippen LogP contribution >= 0.6 is 0 Å². The molecule has 4 rings (SSSR count). The quantitative estimate of drug-likeness (QED) is 0.408. The van der Waals surface area contributed by atoms with Crippen LogP contribution in [0.2, 0.25) is 0 Å². The second-order valence-corrected chi connectivity index (χ2v) is 10.9. The van der Waals surface area contributed by atoms with Gasteiger partial charge in [0.25, 0.3) is 5.91 Å². The first-order chi connectivity index (χ1) is 16.5. The minimum absolute atomic E-state index is 0.0880. The van der Waals surface area contributed by atoms with E-state index in [4.69, 9.17) is 0 Å². The largest absolute Gasteiger partial charge is 0.389 e. The van der Waals surface area contributed by atoms with Gasteiger partial charge in [0.2, 0.25) is 10.0 Å². The molecule has 0 saturated carbocycles. The van der Waals surface area contributed by atoms with Gasteiger partial charge in [-0.2, -0.15) is 0 Å². The number of rotatable bonds is 6. The van der Waals surface area contributed by atoms with Crippen LogP contribution in [-0.2, 0) is 16.4 Å². The Balaban J connectivity index is 1.67. The summed E-state index contributed by atoms with van der Waals surface area (Å²) in [7, 11) is -3.97. The average molecular weight is 498 g/mol. The van der Waals surface area contributed by atoms with Crippen molar-refractivity contribution in [2.45, 2.75) is 49.8 Å². The van der Waals surface area contributed by atoms with E-state index in [0.29, 0.717) is 16.9 Å². The highest BCUT2D eigenvalue weighted by molar-refractivity contribution is 7.89. The van der Waals surface area contributed by atoms with Crippen LogP contribution in [0.4, 0.5) is 15.8 Å². The van der Waals surface area contributed by atoms with Crippen LogP contribution in [0.1, 0.15) is 48.3 Å². The summed E-state index contributed by atoms with van der Waals surface area (Å²) < 4.78 is 42.2. The third-order valence-corrected chi connectivity index (χ3v) is 7.64. The fourth-order valence-corrected chi connectivity index (χ4v) is 5.31. The highest BCUT2D eigenvalue weighted by Gasteiger charge is 2.43. The Morgan fingerprint density at radius 1 is 1.06 bits per heavy atom. The van der Waals surface area contributed by atoms with Crippen LogP contribution in [0.25, 0.3) is 0 Å². The highest BCUT2D eigenvalue weighted by Crippen LogP contribution is 2.39. The number of benzene rings is 3. The molecule has 3 aromatic rings. The van der Waals surface area contributed by atoms with E-state index in [2.05, 4.69) is 15.4 Å². The second-order valence-electron chi connectivity index (χ2n) is 9.15. The van der Waals surface area contributed by atoms with Gasteiger partial charge in [-0.3, -0.25) is 4.79 Å². The number of nitrogens with one attached hydrogen (secondary N) is 3. The van der Waals surface area contributed by atoms with Gasteiger partial charge in [0.05, 0.1) is 22.6 Å². The number of anilines is 2. The molecule has 9 heteroatoms. The standard InChI is InChI=1S/C26H28FN3O4S/c1-4-16-5-12-20(13-6-16)35(33,34)30-23-21-15-17(7-14-22(21)29-26(2,3)24(23)31)25(32)28-19-10-8-18(27)9-11-19/h5-15,23-24,29-31H,4H2,1-3H3,(H,28,32)/t23-,24+/m1/s1. The van der Waals surface area contributed by atoms with E-state index >= 15 is 0 Å². The smallest absolute Gasteiger partial charge is 0.255 e. The zero-order chi connectivity index (χ0) is 25.4. The van der Waals surface area contributed by atoms with Crippen LogP contribution in [0.15, 0.2) is 71.6 Å². The predicted molar refractivity (Wildman–Crippen MR) is 133 cm³/mol. The molecule has 7 nitrogen and oxygen atoms in total. The molecular weight excluding hydrogens is 469 g/mol. The predicted octanol–water partition coefficient (Wildman–Crippen LogP) is 4.23. The SMILES string of the molecule is CCc1ccc(S(=O)(=O)N[C@@H]2c3cc(C(=O)Nc4ccc(F)cc4)ccc3NC(C)(C)[C@H]2O)cc1. The van der Waals surface area contributed by atoms with Crippen LogP contribution < -0.4 is 15.4 Å². The summed E-state index contributed by atoms with van der Waals surface area (Å²) in [5.41, 5.74) is 1.89. The summed E-state index contributed by atoms with van der Waals surface area (Å²) in [5.74, 6) is -0.866. The van der Waals surface area contributed by atoms with Gasteiger partial charge in [0.1, 0.15) is 5.82 Å². The van der Waals surface area contributed by atoms with Crippen molar-refractivity contribution in [3.05, 3.63) is 89.2 Å². The second kappa shape index (κ2) is 9.41. The number of aliphatic hydroxyl groups excluding tert-OH is 1. The lowest BCUT2D eigenvalue weighted by Crippen LogP contribution is -2.54. The highest BCUT2D eigenvalue weighted by atomic mass is 32.2. The van der Waals surface area contributed by atoms with Crippen molar-refractivity contribution >= 4 is 27.3 Å². The Labute approximate surface area is 204 Å². The van der Waals surface area contributed by atoms with E-state index in [9.17, 15) is 22.7 Å². The summed E-state index contributed by atoms with van der Waals surface area (Å²) >= 11 is 0. The summed E-state index contributed by atoms with van der Waals surface area (Å²) in [4.78, 5) is 12.9. The Hall–Kier alpha value is -3.27. The van der Waals surface area contributed by atoms with Crippen molar-refractivity contribution in [1.29, 1.82) is 0 Å². The molecule has 0 saturated heterocycles. The van der Waals surface area contributed by atoms with Crippen molar-refractivity contribution in [2.75, 3.05) is 10.6 Å². The van der Waals surface area contributed by atoms with E-state index in [0.717, 1.165) is 12.0 Å². The van der Waals surface area contributed by atoms with Crippen molar-refractivity contribution in [3.63, 3.8) is 0 Å². The number of sulfonamides is 1. The van der Waals surface area contributed by atoms with E-state index in [1.54, 1.807) is 44.2 Å². The van der Waals surface area contributed by atoms with E-state index < -0.39 is 39.4 Å². The molecule has 0 bridgehead atoms. The average Bonchev–Trinajstić information content (AvgIpc) is 2.83. The number of carbonyl (C=O) groups excluding carboxylic acids is 1. The van der Waals surface area contributed by atoms with Crippen molar-refractivity contribution in [2.24, 2.45) is 0 Å². The van der Waals surface area contributed by atoms with Gasteiger partial charge in [-0.1, -0.05) is 19.1 Å². The number of aryl methyl sites for hydroxylation is 1. The third kappa shape index (κ3) is 5.22. The van der Waals surface area contributed by atoms with Crippen LogP contribution in [0.5, 0.6) is 0 Å². The molecule has 0 radical (unpaired) electrons. The minimum Gasteiger partial charge on any atom is -0.389 e. The first-order valence-electron chi connectivity index (χ1n) is 11.3. The van der Waals surface area contributed by atoms with Crippen LogP contribution in [-0.4, -0.2) is 31.1 Å². The lowest BCUT2D eigenvalue weighted by atomic mass is 9.82. The number of aliphatic hydroxyl groups is 1. The van der Waals surface area contributed by atoms with Gasteiger partial charge < -0.3 is 15.7 Å². The first kappa shape index (κ1) is 24.8. The lowest BCUT2D eigenvalue weighted by molar-refractivity contribution is 0.0770. The Morgan fingerprint density at radius 3 is 2.34 bits per heavy atom. The molecule has 3 aromatic carbocycles. The summed E-state index contributed by atoms with van der Waals surface area (Å²) in [6.45, 7) is 5.52. The van der Waals surface area contributed by atoms with Crippen LogP contribution in [0.3, 0.4) is 0 Å². The molecule has 0 spiro atoms. The van der Waals surface area contributed by atoms with Crippen molar-refractivity contribution in [3.8, 4) is 0 Å². The summed E-state index contributed by atoms with van der Waals surface area (Å²) in [5, 5.41) is 17.0. The molecule has 1 amide bonds. The number of fused-ring (bicyclic) bond motifs is 1. The maximum atomic E-state index is 13.2. The molecule has 1 aliphatic heterocycles. The number of hydrogen-bond acceptors (Lipinski definition) is 5. The third-order valence-electron chi connectivity index (χ3n) is 6.19. The number of carbonyl (C=O) groups is 1. The summed E-state index contributed by atoms with van der Waals surface area (Å²) in [6, 6.07) is 15.8. The van der Waals surface area contributed by atoms with Gasteiger partial charge in [-0.15, -0.1) is 0 Å². The van der Waals surface area contributed by atoms with Gasteiger partial charge >= 0.3 is 0 Å². The topological polar surface area (TPSA) is 108 Å². The Bertz CT molecular complexity index is 1340. The van der Waals surface area contributed by atoms with Gasteiger partial charge in [0.15, 0.2) is 0 Å².